The molecule has 0 saturated heterocycles. The molecule has 0 heterocycles. The number of carbonyl (C=O) groups excluding carboxylic acids is 1. The van der Waals surface area contributed by atoms with Crippen LogP contribution in [-0.2, 0) is 4.79 Å². The van der Waals surface area contributed by atoms with Gasteiger partial charge in [0.1, 0.15) is 0 Å². The number of nitrogens with two attached hydrogens (primary N) is 1. The van der Waals surface area contributed by atoms with Gasteiger partial charge in [0.2, 0.25) is 5.91 Å². The van der Waals surface area contributed by atoms with E-state index < -0.39 is 0 Å². The normalized spacial score (nSPS) is 11.2. The summed E-state index contributed by atoms with van der Waals surface area (Å²) in [5, 5.41) is 3.06. The molecule has 0 aliphatic rings. The van der Waals surface area contributed by atoms with Crippen molar-refractivity contribution in [2.45, 2.75) is 65.2 Å². The lowest BCUT2D eigenvalue weighted by Crippen LogP contribution is -2.13. The molecular formula is C18H30N2O. The van der Waals surface area contributed by atoms with Gasteiger partial charge in [-0.2, -0.15) is 0 Å². The highest BCUT2D eigenvalue weighted by Crippen LogP contribution is 2.28. The molecule has 21 heavy (non-hydrogen) atoms. The Balaban J connectivity index is 2.71. The molecular weight excluding hydrogens is 260 g/mol. The Morgan fingerprint density at radius 1 is 1.10 bits per heavy atom. The molecule has 0 spiro atoms. The molecule has 1 aromatic rings. The summed E-state index contributed by atoms with van der Waals surface area (Å²) in [6.07, 6.45) is 3.49. The Kier molecular flexibility index (Phi) is 7.44. The van der Waals surface area contributed by atoms with Crippen LogP contribution in [0.15, 0.2) is 18.2 Å². The predicted molar refractivity (Wildman–Crippen MR) is 90.8 cm³/mol. The first kappa shape index (κ1) is 17.7. The Labute approximate surface area is 129 Å². The summed E-state index contributed by atoms with van der Waals surface area (Å²) >= 11 is 0. The monoisotopic (exact) mass is 290 g/mol. The van der Waals surface area contributed by atoms with Crippen molar-refractivity contribution in [2.75, 3.05) is 11.9 Å². The molecule has 0 saturated carbocycles. The fraction of sp³-hybridized carbons (Fsp3) is 0.611. The van der Waals surface area contributed by atoms with Crippen LogP contribution >= 0.6 is 0 Å². The summed E-state index contributed by atoms with van der Waals surface area (Å²) < 4.78 is 0. The van der Waals surface area contributed by atoms with Crippen LogP contribution in [0.1, 0.15) is 76.3 Å². The van der Waals surface area contributed by atoms with Gasteiger partial charge < -0.3 is 11.1 Å². The lowest BCUT2D eigenvalue weighted by Gasteiger charge is -2.17. The van der Waals surface area contributed by atoms with Crippen LogP contribution < -0.4 is 11.1 Å². The highest BCUT2D eigenvalue weighted by molar-refractivity contribution is 5.91. The zero-order chi connectivity index (χ0) is 15.8. The zero-order valence-corrected chi connectivity index (χ0v) is 13.9. The summed E-state index contributed by atoms with van der Waals surface area (Å²) in [4.78, 5) is 12.0. The molecule has 1 amide bonds. The molecule has 3 N–H and O–H groups in total. The van der Waals surface area contributed by atoms with Crippen LogP contribution in [0.2, 0.25) is 0 Å². The fourth-order valence-corrected chi connectivity index (χ4v) is 2.35. The third-order valence-corrected chi connectivity index (χ3v) is 3.75. The Morgan fingerprint density at radius 3 is 2.38 bits per heavy atom. The van der Waals surface area contributed by atoms with Crippen LogP contribution in [0, 0.1) is 0 Å². The van der Waals surface area contributed by atoms with E-state index in [0.717, 1.165) is 24.9 Å². The molecule has 0 unspecified atom stereocenters. The number of anilines is 1. The van der Waals surface area contributed by atoms with E-state index in [-0.39, 0.29) is 5.91 Å². The standard InChI is InChI=1S/C18H30N2O/c1-13(2)15-9-10-17(16(12-15)14(3)4)20-18(21)8-6-5-7-11-19/h9-10,12-14H,5-8,11,19H2,1-4H3,(H,20,21). The first-order valence-corrected chi connectivity index (χ1v) is 8.09. The number of carbonyl (C=O) groups is 1. The molecule has 0 aliphatic heterocycles. The van der Waals surface area contributed by atoms with Gasteiger partial charge in [-0.1, -0.05) is 46.2 Å². The van der Waals surface area contributed by atoms with Crippen molar-refractivity contribution in [1.82, 2.24) is 0 Å². The molecule has 0 fully saturated rings. The first-order chi connectivity index (χ1) is 9.95. The average molecular weight is 290 g/mol. The van der Waals surface area contributed by atoms with Crippen molar-refractivity contribution in [3.8, 4) is 0 Å². The third-order valence-electron chi connectivity index (χ3n) is 3.75. The van der Waals surface area contributed by atoms with E-state index in [1.54, 1.807) is 0 Å². The molecule has 3 nitrogen and oxygen atoms in total. The first-order valence-electron chi connectivity index (χ1n) is 8.09. The van der Waals surface area contributed by atoms with Crippen LogP contribution in [0.3, 0.4) is 0 Å². The largest absolute Gasteiger partial charge is 0.330 e. The molecule has 1 rings (SSSR count). The summed E-state index contributed by atoms with van der Waals surface area (Å²) in [5.41, 5.74) is 8.95. The fourth-order valence-electron chi connectivity index (χ4n) is 2.35. The molecule has 0 bridgehead atoms. The molecule has 0 aromatic heterocycles. The average Bonchev–Trinajstić information content (AvgIpc) is 2.43. The SMILES string of the molecule is CC(C)c1ccc(NC(=O)CCCCCN)c(C(C)C)c1. The maximum atomic E-state index is 12.0. The Hall–Kier alpha value is -1.35. The zero-order valence-electron chi connectivity index (χ0n) is 13.9. The van der Waals surface area contributed by atoms with Crippen LogP contribution in [0.5, 0.6) is 0 Å². The second-order valence-electron chi connectivity index (χ2n) is 6.30. The number of hydrogen-bond donors (Lipinski definition) is 2. The summed E-state index contributed by atoms with van der Waals surface area (Å²) in [6.45, 7) is 9.41. The van der Waals surface area contributed by atoms with Gasteiger partial charge in [0.05, 0.1) is 0 Å². The summed E-state index contributed by atoms with van der Waals surface area (Å²) in [7, 11) is 0. The topological polar surface area (TPSA) is 55.1 Å². The highest BCUT2D eigenvalue weighted by Gasteiger charge is 2.11. The molecule has 118 valence electrons. The van der Waals surface area contributed by atoms with Crippen LogP contribution in [0.4, 0.5) is 5.69 Å². The van der Waals surface area contributed by atoms with E-state index in [1.807, 2.05) is 6.07 Å². The third kappa shape index (κ3) is 5.88. The van der Waals surface area contributed by atoms with E-state index in [2.05, 4.69) is 45.1 Å². The number of rotatable bonds is 8. The molecule has 0 aliphatic carbocycles. The molecule has 1 aromatic carbocycles. The van der Waals surface area contributed by atoms with Gasteiger partial charge >= 0.3 is 0 Å². The Bertz CT molecular complexity index is 453. The minimum Gasteiger partial charge on any atom is -0.330 e. The number of unbranched alkanes of at least 4 members (excludes halogenated alkanes) is 2. The minimum atomic E-state index is 0.103. The maximum Gasteiger partial charge on any atom is 0.224 e. The van der Waals surface area contributed by atoms with Crippen LogP contribution in [0.25, 0.3) is 0 Å². The van der Waals surface area contributed by atoms with E-state index in [4.69, 9.17) is 5.73 Å². The number of benzene rings is 1. The van der Waals surface area contributed by atoms with Crippen molar-refractivity contribution in [2.24, 2.45) is 5.73 Å². The summed E-state index contributed by atoms with van der Waals surface area (Å²) in [5.74, 6) is 1.01. The van der Waals surface area contributed by atoms with Crippen molar-refractivity contribution in [3.05, 3.63) is 29.3 Å². The van der Waals surface area contributed by atoms with Gasteiger partial charge in [0.25, 0.3) is 0 Å². The second kappa shape index (κ2) is 8.83. The number of hydrogen-bond acceptors (Lipinski definition) is 2. The number of amides is 1. The van der Waals surface area contributed by atoms with Gasteiger partial charge in [-0.05, 0) is 48.4 Å². The van der Waals surface area contributed by atoms with Gasteiger partial charge in [-0.25, -0.2) is 0 Å². The smallest absolute Gasteiger partial charge is 0.224 e. The van der Waals surface area contributed by atoms with Crippen molar-refractivity contribution in [3.63, 3.8) is 0 Å². The lowest BCUT2D eigenvalue weighted by atomic mass is 9.94. The summed E-state index contributed by atoms with van der Waals surface area (Å²) in [6, 6.07) is 6.38. The highest BCUT2D eigenvalue weighted by atomic mass is 16.1. The minimum absolute atomic E-state index is 0.103. The lowest BCUT2D eigenvalue weighted by molar-refractivity contribution is -0.116. The van der Waals surface area contributed by atoms with E-state index >= 15 is 0 Å². The maximum absolute atomic E-state index is 12.0. The Morgan fingerprint density at radius 2 is 1.81 bits per heavy atom. The van der Waals surface area contributed by atoms with Gasteiger partial charge in [-0.3, -0.25) is 4.79 Å². The number of nitrogens with one attached hydrogen (secondary N) is 1. The van der Waals surface area contributed by atoms with Crippen molar-refractivity contribution >= 4 is 11.6 Å². The van der Waals surface area contributed by atoms with Crippen LogP contribution in [-0.4, -0.2) is 12.5 Å². The van der Waals surface area contributed by atoms with E-state index in [1.165, 1.54) is 11.1 Å². The van der Waals surface area contributed by atoms with E-state index in [9.17, 15) is 4.79 Å². The van der Waals surface area contributed by atoms with E-state index in [0.29, 0.717) is 24.8 Å². The van der Waals surface area contributed by atoms with Gasteiger partial charge in [-0.15, -0.1) is 0 Å². The second-order valence-corrected chi connectivity index (χ2v) is 6.30. The van der Waals surface area contributed by atoms with Gasteiger partial charge in [0, 0.05) is 12.1 Å². The molecule has 0 radical (unpaired) electrons. The molecule has 3 heteroatoms. The predicted octanol–water partition coefficient (Wildman–Crippen LogP) is 4.39. The quantitative estimate of drug-likeness (QED) is 0.698. The van der Waals surface area contributed by atoms with Gasteiger partial charge in [0.15, 0.2) is 0 Å². The van der Waals surface area contributed by atoms with Crippen molar-refractivity contribution in [1.29, 1.82) is 0 Å². The molecule has 0 atom stereocenters. The van der Waals surface area contributed by atoms with Crippen molar-refractivity contribution < 1.29 is 4.79 Å².